The first-order valence-corrected chi connectivity index (χ1v) is 15.8. The number of nitrogens with zero attached hydrogens (tertiary/aromatic N) is 1. The number of hydrogen-bond donors (Lipinski definition) is 0. The van der Waals surface area contributed by atoms with Crippen LogP contribution in [0, 0.1) is 0 Å². The van der Waals surface area contributed by atoms with Crippen LogP contribution in [0.3, 0.4) is 0 Å². The number of thiophene rings is 1. The van der Waals surface area contributed by atoms with E-state index in [-0.39, 0.29) is 0 Å². The van der Waals surface area contributed by atoms with Crippen molar-refractivity contribution >= 4 is 80.9 Å². The first-order chi connectivity index (χ1) is 21.8. The Morgan fingerprint density at radius 3 is 1.84 bits per heavy atom. The first-order valence-electron chi connectivity index (χ1n) is 15.0. The predicted octanol–water partition coefficient (Wildman–Crippen LogP) is 12.7. The zero-order valence-electron chi connectivity index (χ0n) is 23.9. The highest BCUT2D eigenvalue weighted by atomic mass is 32.1. The summed E-state index contributed by atoms with van der Waals surface area (Å²) in [6, 6.07) is 59.8. The quantitative estimate of drug-likeness (QED) is 0.188. The van der Waals surface area contributed by atoms with E-state index in [0.717, 1.165) is 17.1 Å². The Labute approximate surface area is 259 Å². The highest BCUT2D eigenvalue weighted by molar-refractivity contribution is 7.25. The number of hydrogen-bond acceptors (Lipinski definition) is 2. The van der Waals surface area contributed by atoms with Gasteiger partial charge in [-0.05, 0) is 85.9 Å². The van der Waals surface area contributed by atoms with Gasteiger partial charge in [0.15, 0.2) is 0 Å². The summed E-state index contributed by atoms with van der Waals surface area (Å²) in [7, 11) is 0. The molecule has 0 aliphatic heterocycles. The number of anilines is 3. The van der Waals surface area contributed by atoms with Gasteiger partial charge in [0, 0.05) is 37.2 Å². The molecule has 1 nitrogen and oxygen atoms in total. The standard InChI is InChI=1S/C42H27NS/c1-2-9-28(10-3-1)31-12-8-13-33(25-31)43(35-22-24-39-38-15-6-7-16-40(38)44-41(39)27-35)34-21-23-37-32(26-34)20-19-30-18-17-29-11-4-5-14-36(29)42(30)37/h1-27H. The minimum Gasteiger partial charge on any atom is -0.310 e. The van der Waals surface area contributed by atoms with Crippen molar-refractivity contribution in [2.45, 2.75) is 0 Å². The lowest BCUT2D eigenvalue weighted by molar-refractivity contribution is 1.30. The van der Waals surface area contributed by atoms with Crippen LogP contribution in [-0.2, 0) is 0 Å². The van der Waals surface area contributed by atoms with Crippen molar-refractivity contribution in [2.24, 2.45) is 0 Å². The molecule has 206 valence electrons. The molecule has 1 aromatic heterocycles. The lowest BCUT2D eigenvalue weighted by Crippen LogP contribution is -2.10. The van der Waals surface area contributed by atoms with E-state index in [1.807, 2.05) is 11.3 Å². The smallest absolute Gasteiger partial charge is 0.0476 e. The topological polar surface area (TPSA) is 3.24 Å². The molecule has 0 radical (unpaired) electrons. The monoisotopic (exact) mass is 577 g/mol. The minimum absolute atomic E-state index is 1.14. The van der Waals surface area contributed by atoms with Gasteiger partial charge in [-0.2, -0.15) is 0 Å². The van der Waals surface area contributed by atoms with Crippen LogP contribution < -0.4 is 4.90 Å². The Hall–Kier alpha value is -5.44. The summed E-state index contributed by atoms with van der Waals surface area (Å²) in [5.41, 5.74) is 5.85. The average molecular weight is 578 g/mol. The third-order valence-electron chi connectivity index (χ3n) is 8.80. The van der Waals surface area contributed by atoms with Crippen LogP contribution in [0.4, 0.5) is 17.1 Å². The summed E-state index contributed by atoms with van der Waals surface area (Å²) in [6.45, 7) is 0. The second-order valence-electron chi connectivity index (χ2n) is 11.4. The highest BCUT2D eigenvalue weighted by Gasteiger charge is 2.17. The summed E-state index contributed by atoms with van der Waals surface area (Å²) >= 11 is 1.86. The first kappa shape index (κ1) is 25.1. The molecule has 0 unspecified atom stereocenters. The van der Waals surface area contributed by atoms with Crippen LogP contribution in [0.1, 0.15) is 0 Å². The molecule has 0 bridgehead atoms. The summed E-state index contributed by atoms with van der Waals surface area (Å²) < 4.78 is 2.62. The Balaban J connectivity index is 1.27. The molecule has 0 atom stereocenters. The highest BCUT2D eigenvalue weighted by Crippen LogP contribution is 2.43. The van der Waals surface area contributed by atoms with Crippen LogP contribution in [0.15, 0.2) is 164 Å². The fourth-order valence-electron chi connectivity index (χ4n) is 6.72. The van der Waals surface area contributed by atoms with E-state index in [2.05, 4.69) is 169 Å². The Morgan fingerprint density at radius 1 is 0.341 bits per heavy atom. The number of benzene rings is 8. The molecule has 0 saturated heterocycles. The van der Waals surface area contributed by atoms with Crippen LogP contribution in [-0.4, -0.2) is 0 Å². The van der Waals surface area contributed by atoms with E-state index < -0.39 is 0 Å². The minimum atomic E-state index is 1.14. The van der Waals surface area contributed by atoms with E-state index in [9.17, 15) is 0 Å². The second kappa shape index (κ2) is 10.1. The SMILES string of the molecule is c1ccc(-c2cccc(N(c3ccc4c(ccc5ccc6ccccc6c54)c3)c3ccc4c(c3)sc3ccccc34)c2)cc1. The molecule has 9 rings (SSSR count). The van der Waals surface area contributed by atoms with Gasteiger partial charge in [-0.15, -0.1) is 11.3 Å². The third kappa shape index (κ3) is 4.07. The van der Waals surface area contributed by atoms with Gasteiger partial charge >= 0.3 is 0 Å². The van der Waals surface area contributed by atoms with Gasteiger partial charge < -0.3 is 4.90 Å². The molecule has 9 aromatic rings. The summed E-state index contributed by atoms with van der Waals surface area (Å²) in [5, 5.41) is 10.3. The van der Waals surface area contributed by atoms with E-state index in [1.54, 1.807) is 0 Å². The molecule has 0 aliphatic carbocycles. The van der Waals surface area contributed by atoms with Gasteiger partial charge in [0.25, 0.3) is 0 Å². The van der Waals surface area contributed by atoms with Gasteiger partial charge in [-0.25, -0.2) is 0 Å². The molecule has 2 heteroatoms. The van der Waals surface area contributed by atoms with Gasteiger partial charge in [-0.1, -0.05) is 121 Å². The molecule has 0 spiro atoms. The molecule has 0 saturated carbocycles. The zero-order chi connectivity index (χ0) is 29.0. The molecule has 8 aromatic carbocycles. The third-order valence-corrected chi connectivity index (χ3v) is 9.93. The van der Waals surface area contributed by atoms with Crippen molar-refractivity contribution in [1.29, 1.82) is 0 Å². The van der Waals surface area contributed by atoms with Crippen molar-refractivity contribution in [3.63, 3.8) is 0 Å². The van der Waals surface area contributed by atoms with E-state index in [1.165, 1.54) is 63.6 Å². The summed E-state index contributed by atoms with van der Waals surface area (Å²) in [6.07, 6.45) is 0. The van der Waals surface area contributed by atoms with E-state index >= 15 is 0 Å². The number of fused-ring (bicyclic) bond motifs is 8. The average Bonchev–Trinajstić information content (AvgIpc) is 3.46. The fourth-order valence-corrected chi connectivity index (χ4v) is 7.86. The molecule has 0 aliphatic rings. The van der Waals surface area contributed by atoms with Crippen LogP contribution in [0.25, 0.3) is 63.6 Å². The largest absolute Gasteiger partial charge is 0.310 e. The van der Waals surface area contributed by atoms with Crippen LogP contribution >= 0.6 is 11.3 Å². The van der Waals surface area contributed by atoms with Crippen molar-refractivity contribution < 1.29 is 0 Å². The molecule has 1 heterocycles. The normalized spacial score (nSPS) is 11.6. The lowest BCUT2D eigenvalue weighted by atomic mass is 9.96. The van der Waals surface area contributed by atoms with Gasteiger partial charge in [-0.3, -0.25) is 0 Å². The maximum absolute atomic E-state index is 2.41. The Kier molecular flexibility index (Phi) is 5.75. The number of rotatable bonds is 4. The van der Waals surface area contributed by atoms with Crippen molar-refractivity contribution in [2.75, 3.05) is 4.90 Å². The Morgan fingerprint density at radius 2 is 0.955 bits per heavy atom. The van der Waals surface area contributed by atoms with Gasteiger partial charge in [0.1, 0.15) is 0 Å². The van der Waals surface area contributed by atoms with E-state index in [0.29, 0.717) is 0 Å². The van der Waals surface area contributed by atoms with Crippen molar-refractivity contribution in [3.05, 3.63) is 164 Å². The molecule has 44 heavy (non-hydrogen) atoms. The molecular formula is C42H27NS. The van der Waals surface area contributed by atoms with Crippen molar-refractivity contribution in [3.8, 4) is 11.1 Å². The maximum Gasteiger partial charge on any atom is 0.0476 e. The van der Waals surface area contributed by atoms with Crippen molar-refractivity contribution in [1.82, 2.24) is 0 Å². The van der Waals surface area contributed by atoms with Crippen LogP contribution in [0.5, 0.6) is 0 Å². The van der Waals surface area contributed by atoms with Gasteiger partial charge in [0.2, 0.25) is 0 Å². The molecular weight excluding hydrogens is 551 g/mol. The predicted molar refractivity (Wildman–Crippen MR) is 192 cm³/mol. The molecule has 0 N–H and O–H groups in total. The molecule has 0 fully saturated rings. The van der Waals surface area contributed by atoms with Gasteiger partial charge in [0.05, 0.1) is 0 Å². The second-order valence-corrected chi connectivity index (χ2v) is 12.5. The fraction of sp³-hybridized carbons (Fsp3) is 0. The summed E-state index contributed by atoms with van der Waals surface area (Å²) in [4.78, 5) is 2.41. The maximum atomic E-state index is 2.41. The van der Waals surface area contributed by atoms with Crippen LogP contribution in [0.2, 0.25) is 0 Å². The van der Waals surface area contributed by atoms with E-state index in [4.69, 9.17) is 0 Å². The summed E-state index contributed by atoms with van der Waals surface area (Å²) in [5.74, 6) is 0. The lowest BCUT2D eigenvalue weighted by Gasteiger charge is -2.26. The zero-order valence-corrected chi connectivity index (χ0v) is 24.8. The Bertz CT molecular complexity index is 2510. The molecule has 0 amide bonds.